The molecule has 0 radical (unpaired) electrons. The van der Waals surface area contributed by atoms with Gasteiger partial charge in [0.1, 0.15) is 5.75 Å². The van der Waals surface area contributed by atoms with Crippen LogP contribution < -0.4 is 21.5 Å². The Hall–Kier alpha value is -2.58. The maximum Gasteiger partial charge on any atom is 0.274 e. The van der Waals surface area contributed by atoms with Gasteiger partial charge in [-0.1, -0.05) is 23.7 Å². The van der Waals surface area contributed by atoms with Gasteiger partial charge in [-0.05, 0) is 30.0 Å². The molecular formula is C22H30ClN6O2+. The lowest BCUT2D eigenvalue weighted by atomic mass is 9.81. The Balaban J connectivity index is 1.36. The second-order valence-corrected chi connectivity index (χ2v) is 9.06. The molecule has 1 atom stereocenters. The Labute approximate surface area is 187 Å². The normalized spacial score (nSPS) is 24.7. The molecule has 0 saturated carbocycles. The second-order valence-electron chi connectivity index (χ2n) is 8.70. The molecule has 3 aliphatic rings. The Morgan fingerprint density at radius 1 is 1.19 bits per heavy atom. The quantitative estimate of drug-likeness (QED) is 0.563. The maximum atomic E-state index is 12.8. The molecule has 1 aromatic heterocycles. The van der Waals surface area contributed by atoms with E-state index in [4.69, 9.17) is 27.8 Å². The number of piperidine rings is 3. The van der Waals surface area contributed by atoms with Gasteiger partial charge in [0.05, 0.1) is 39.3 Å². The van der Waals surface area contributed by atoms with Gasteiger partial charge in [0.25, 0.3) is 5.91 Å². The number of quaternary nitrogens is 1. The van der Waals surface area contributed by atoms with Gasteiger partial charge < -0.3 is 26.0 Å². The summed E-state index contributed by atoms with van der Waals surface area (Å²) in [4.78, 5) is 20.8. The molecular weight excluding hydrogens is 416 g/mol. The highest BCUT2D eigenvalue weighted by molar-refractivity contribution is 6.31. The first-order chi connectivity index (χ1) is 14.9. The van der Waals surface area contributed by atoms with Gasteiger partial charge in [-0.25, -0.2) is 9.97 Å². The number of nitrogens with zero attached hydrogens (tertiary/aromatic N) is 3. The zero-order valence-electron chi connectivity index (χ0n) is 17.8. The number of fused-ring (bicyclic) bond motifs is 3. The van der Waals surface area contributed by atoms with Crippen molar-refractivity contribution in [2.75, 3.05) is 44.8 Å². The number of anilines is 2. The average molecular weight is 446 g/mol. The molecule has 1 aromatic carbocycles. The Kier molecular flexibility index (Phi) is 6.20. The van der Waals surface area contributed by atoms with Gasteiger partial charge in [-0.15, -0.1) is 0 Å². The molecule has 0 aliphatic carbocycles. The van der Waals surface area contributed by atoms with Crippen molar-refractivity contribution in [2.24, 2.45) is 5.92 Å². The highest BCUT2D eigenvalue weighted by Gasteiger charge is 2.46. The fraction of sp³-hybridized carbons (Fsp3) is 0.500. The van der Waals surface area contributed by atoms with Crippen molar-refractivity contribution in [3.63, 3.8) is 0 Å². The lowest BCUT2D eigenvalue weighted by Crippen LogP contribution is -2.67. The molecule has 31 heavy (non-hydrogen) atoms. The number of hydrogen-bond donors (Lipinski definition) is 3. The average Bonchev–Trinajstić information content (AvgIpc) is 2.77. The van der Waals surface area contributed by atoms with E-state index in [1.54, 1.807) is 7.11 Å². The molecule has 3 fully saturated rings. The van der Waals surface area contributed by atoms with Crippen LogP contribution in [0.5, 0.6) is 5.75 Å². The number of nitrogens with two attached hydrogens (primary N) is 2. The summed E-state index contributed by atoms with van der Waals surface area (Å²) in [5, 5.41) is 3.14. The molecule has 2 aromatic rings. The molecule has 2 bridgehead atoms. The van der Waals surface area contributed by atoms with Gasteiger partial charge in [0, 0.05) is 19.3 Å². The minimum absolute atomic E-state index is 0.00376. The van der Waals surface area contributed by atoms with Crippen LogP contribution >= 0.6 is 11.6 Å². The van der Waals surface area contributed by atoms with Crippen molar-refractivity contribution in [2.45, 2.75) is 31.7 Å². The first kappa shape index (κ1) is 21.6. The number of carbonyl (C=O) groups excluding carboxylic acids is 1. The van der Waals surface area contributed by atoms with E-state index in [9.17, 15) is 4.79 Å². The lowest BCUT2D eigenvalue weighted by molar-refractivity contribution is -0.944. The van der Waals surface area contributed by atoms with Gasteiger partial charge in [0.15, 0.2) is 22.5 Å². The smallest absolute Gasteiger partial charge is 0.274 e. The van der Waals surface area contributed by atoms with Crippen molar-refractivity contribution < 1.29 is 14.0 Å². The van der Waals surface area contributed by atoms with Crippen LogP contribution in [0, 0.1) is 5.92 Å². The highest BCUT2D eigenvalue weighted by Crippen LogP contribution is 2.34. The fourth-order valence-corrected chi connectivity index (χ4v) is 5.15. The largest absolute Gasteiger partial charge is 0.497 e. The topological polar surface area (TPSA) is 116 Å². The van der Waals surface area contributed by atoms with E-state index in [1.165, 1.54) is 18.7 Å². The third kappa shape index (κ3) is 4.70. The number of carbonyl (C=O) groups is 1. The summed E-state index contributed by atoms with van der Waals surface area (Å²) in [6, 6.07) is 8.39. The third-order valence-corrected chi connectivity index (χ3v) is 7.07. The minimum atomic E-state index is -0.331. The van der Waals surface area contributed by atoms with Crippen LogP contribution in [0.15, 0.2) is 24.3 Å². The summed E-state index contributed by atoms with van der Waals surface area (Å²) in [6.45, 7) is 4.40. The minimum Gasteiger partial charge on any atom is -0.497 e. The second kappa shape index (κ2) is 8.88. The molecule has 0 unspecified atom stereocenters. The number of rotatable bonds is 7. The summed E-state index contributed by atoms with van der Waals surface area (Å²) in [5.74, 6) is 1.07. The molecule has 166 valence electrons. The zero-order chi connectivity index (χ0) is 22.0. The molecule has 8 nitrogen and oxygen atoms in total. The van der Waals surface area contributed by atoms with Gasteiger partial charge in [-0.2, -0.15) is 0 Å². The number of methoxy groups -OCH3 is 1. The monoisotopic (exact) mass is 445 g/mol. The molecule has 0 spiro atoms. The van der Waals surface area contributed by atoms with E-state index >= 15 is 0 Å². The van der Waals surface area contributed by atoms with Crippen LogP contribution in [0.4, 0.5) is 11.6 Å². The number of halogens is 1. The van der Waals surface area contributed by atoms with Crippen LogP contribution in [0.3, 0.4) is 0 Å². The summed E-state index contributed by atoms with van der Waals surface area (Å²) in [7, 11) is 1.68. The molecule has 9 heteroatoms. The van der Waals surface area contributed by atoms with E-state index in [0.717, 1.165) is 49.0 Å². The number of nitrogens with one attached hydrogen (secondary N) is 1. The van der Waals surface area contributed by atoms with Crippen molar-refractivity contribution in [1.29, 1.82) is 0 Å². The van der Waals surface area contributed by atoms with Gasteiger partial charge in [0.2, 0.25) is 0 Å². The van der Waals surface area contributed by atoms with Crippen LogP contribution in [-0.2, 0) is 6.42 Å². The predicted molar refractivity (Wildman–Crippen MR) is 121 cm³/mol. The van der Waals surface area contributed by atoms with Crippen molar-refractivity contribution in [1.82, 2.24) is 15.3 Å². The van der Waals surface area contributed by atoms with Crippen LogP contribution in [-0.4, -0.2) is 59.7 Å². The Morgan fingerprint density at radius 3 is 2.58 bits per heavy atom. The SMILES string of the molecule is COc1ccc(CCC[N+]23CCC(CC2)[C@H](NC(=O)c2nc(Cl)c(N)nc2N)C3)cc1. The van der Waals surface area contributed by atoms with E-state index in [0.29, 0.717) is 5.92 Å². The summed E-state index contributed by atoms with van der Waals surface area (Å²) in [6.07, 6.45) is 4.40. The number of benzene rings is 1. The molecule has 1 amide bonds. The number of aryl methyl sites for hydroxylation is 1. The van der Waals surface area contributed by atoms with Crippen LogP contribution in [0.25, 0.3) is 0 Å². The van der Waals surface area contributed by atoms with Gasteiger partial charge >= 0.3 is 0 Å². The highest BCUT2D eigenvalue weighted by atomic mass is 35.5. The van der Waals surface area contributed by atoms with E-state index < -0.39 is 0 Å². The first-order valence-corrected chi connectivity index (χ1v) is 11.1. The van der Waals surface area contributed by atoms with E-state index in [-0.39, 0.29) is 34.4 Å². The number of ether oxygens (including phenoxy) is 1. The maximum absolute atomic E-state index is 12.8. The molecule has 3 aliphatic heterocycles. The molecule has 4 heterocycles. The predicted octanol–water partition coefficient (Wildman–Crippen LogP) is 2.27. The van der Waals surface area contributed by atoms with Crippen LogP contribution in [0.1, 0.15) is 35.3 Å². The first-order valence-electron chi connectivity index (χ1n) is 10.8. The third-order valence-electron chi connectivity index (χ3n) is 6.79. The number of hydrogen-bond acceptors (Lipinski definition) is 6. The Morgan fingerprint density at radius 2 is 1.90 bits per heavy atom. The number of nitrogen functional groups attached to an aromatic ring is 2. The lowest BCUT2D eigenvalue weighted by Gasteiger charge is -2.52. The zero-order valence-corrected chi connectivity index (χ0v) is 18.6. The van der Waals surface area contributed by atoms with Gasteiger partial charge in [-0.3, -0.25) is 4.79 Å². The van der Waals surface area contributed by atoms with Crippen LogP contribution in [0.2, 0.25) is 5.15 Å². The number of aromatic nitrogens is 2. The van der Waals surface area contributed by atoms with Crippen molar-refractivity contribution >= 4 is 29.1 Å². The fourth-order valence-electron chi connectivity index (χ4n) is 5.02. The molecule has 3 saturated heterocycles. The molecule has 5 rings (SSSR count). The van der Waals surface area contributed by atoms with Crippen molar-refractivity contribution in [3.8, 4) is 5.75 Å². The summed E-state index contributed by atoms with van der Waals surface area (Å²) < 4.78 is 6.29. The number of amides is 1. The standard InChI is InChI=1S/C22H29ClN6O2/c1-31-16-6-4-14(5-7-16)3-2-10-29-11-8-15(9-12-29)17(13-29)26-22(30)18-20(24)28-21(25)19(23)27-18/h4-7,15,17H,2-3,8-13H2,1H3,(H4-,24,25,26,28,30)/p+1/t15?,17-,29?/m1/s1. The molecule has 5 N–H and O–H groups in total. The summed E-state index contributed by atoms with van der Waals surface area (Å²) >= 11 is 5.94. The van der Waals surface area contributed by atoms with Crippen molar-refractivity contribution in [3.05, 3.63) is 40.7 Å². The van der Waals surface area contributed by atoms with E-state index in [1.807, 2.05) is 12.1 Å². The Bertz CT molecular complexity index is 944. The summed E-state index contributed by atoms with van der Waals surface area (Å²) in [5.41, 5.74) is 12.8. The van der Waals surface area contributed by atoms with E-state index in [2.05, 4.69) is 27.4 Å².